The minimum absolute atomic E-state index is 0.0285. The molecule has 3 fully saturated rings. The van der Waals surface area contributed by atoms with Gasteiger partial charge in [0.1, 0.15) is 0 Å². The van der Waals surface area contributed by atoms with Crippen molar-refractivity contribution in [2.45, 2.75) is 63.2 Å². The van der Waals surface area contributed by atoms with Crippen molar-refractivity contribution in [2.24, 2.45) is 0 Å². The summed E-state index contributed by atoms with van der Waals surface area (Å²) >= 11 is 0. The number of amides is 1. The molecule has 0 radical (unpaired) electrons. The van der Waals surface area contributed by atoms with Gasteiger partial charge in [-0.1, -0.05) is 30.3 Å². The highest BCUT2D eigenvalue weighted by Crippen LogP contribution is 2.36. The molecule has 2 aliphatic heterocycles. The molecule has 5 rings (SSSR count). The van der Waals surface area contributed by atoms with Gasteiger partial charge in [-0.25, -0.2) is 0 Å². The second kappa shape index (κ2) is 10.6. The molecule has 186 valence electrons. The van der Waals surface area contributed by atoms with E-state index in [-0.39, 0.29) is 24.0 Å². The van der Waals surface area contributed by atoms with Crippen molar-refractivity contribution >= 4 is 17.6 Å². The molecule has 3 aliphatic rings. The van der Waals surface area contributed by atoms with Crippen LogP contribution in [0.25, 0.3) is 0 Å². The van der Waals surface area contributed by atoms with E-state index in [9.17, 15) is 9.59 Å². The standard InChI is InChI=1S/C28H34N2O5/c1-33-24-12-11-21(18-26(24)34-23-9-5-6-10-23)29-15-16-30(28(32)25-13-14-27(31)35-25)22(19-29)17-20-7-3-2-4-8-20/h2-4,7-8,11-12,18,22-23,25H,5-6,9-10,13-17,19H2,1H3. The molecule has 1 amide bonds. The zero-order valence-electron chi connectivity index (χ0n) is 20.4. The Kier molecular flexibility index (Phi) is 7.11. The number of piperazine rings is 1. The molecule has 1 saturated carbocycles. The number of methoxy groups -OCH3 is 1. The lowest BCUT2D eigenvalue weighted by molar-refractivity contribution is -0.154. The Morgan fingerprint density at radius 3 is 2.54 bits per heavy atom. The maximum atomic E-state index is 13.3. The van der Waals surface area contributed by atoms with E-state index in [4.69, 9.17) is 14.2 Å². The molecule has 1 aliphatic carbocycles. The Morgan fingerprint density at radius 1 is 1.03 bits per heavy atom. The van der Waals surface area contributed by atoms with Crippen molar-refractivity contribution in [2.75, 3.05) is 31.6 Å². The number of carbonyl (C=O) groups is 2. The summed E-state index contributed by atoms with van der Waals surface area (Å²) in [6.07, 6.45) is 5.70. The number of hydrogen-bond donors (Lipinski definition) is 0. The highest BCUT2D eigenvalue weighted by atomic mass is 16.6. The summed E-state index contributed by atoms with van der Waals surface area (Å²) in [6, 6.07) is 16.3. The fourth-order valence-electron chi connectivity index (χ4n) is 5.47. The van der Waals surface area contributed by atoms with Crippen LogP contribution in [0, 0.1) is 0 Å². The van der Waals surface area contributed by atoms with Gasteiger partial charge in [0.15, 0.2) is 17.6 Å². The Morgan fingerprint density at radius 2 is 1.83 bits per heavy atom. The van der Waals surface area contributed by atoms with Gasteiger partial charge < -0.3 is 24.0 Å². The highest BCUT2D eigenvalue weighted by Gasteiger charge is 2.38. The van der Waals surface area contributed by atoms with Gasteiger partial charge in [0.05, 0.1) is 19.3 Å². The van der Waals surface area contributed by atoms with Gasteiger partial charge in [0.25, 0.3) is 5.91 Å². The van der Waals surface area contributed by atoms with Crippen molar-refractivity contribution in [1.29, 1.82) is 0 Å². The number of esters is 1. The third-order valence-electron chi connectivity index (χ3n) is 7.35. The molecule has 0 bridgehead atoms. The minimum atomic E-state index is -0.653. The van der Waals surface area contributed by atoms with Crippen molar-refractivity contribution in [1.82, 2.24) is 4.90 Å². The van der Waals surface area contributed by atoms with Gasteiger partial charge in [-0.05, 0) is 49.8 Å². The fraction of sp³-hybridized carbons (Fsp3) is 0.500. The first-order chi connectivity index (χ1) is 17.1. The van der Waals surface area contributed by atoms with Gasteiger partial charge in [-0.2, -0.15) is 0 Å². The van der Waals surface area contributed by atoms with Crippen LogP contribution in [0.4, 0.5) is 5.69 Å². The van der Waals surface area contributed by atoms with E-state index >= 15 is 0 Å². The third-order valence-corrected chi connectivity index (χ3v) is 7.35. The Labute approximate surface area is 206 Å². The zero-order chi connectivity index (χ0) is 24.2. The Balaban J connectivity index is 1.36. The Hall–Kier alpha value is -3.22. The lowest BCUT2D eigenvalue weighted by Gasteiger charge is -2.43. The normalized spacial score (nSPS) is 22.8. The van der Waals surface area contributed by atoms with E-state index in [0.29, 0.717) is 32.5 Å². The third kappa shape index (κ3) is 5.39. The first kappa shape index (κ1) is 23.5. The largest absolute Gasteiger partial charge is 0.493 e. The van der Waals surface area contributed by atoms with Crippen LogP contribution in [-0.4, -0.2) is 61.8 Å². The van der Waals surface area contributed by atoms with Crippen LogP contribution in [0.15, 0.2) is 48.5 Å². The van der Waals surface area contributed by atoms with Crippen molar-refractivity contribution in [3.05, 3.63) is 54.1 Å². The average Bonchev–Trinajstić information content (AvgIpc) is 3.56. The highest BCUT2D eigenvalue weighted by molar-refractivity contribution is 5.87. The molecule has 7 nitrogen and oxygen atoms in total. The first-order valence-corrected chi connectivity index (χ1v) is 12.7. The number of rotatable bonds is 7. The molecule has 0 spiro atoms. The molecule has 2 aromatic carbocycles. The number of hydrogen-bond acceptors (Lipinski definition) is 6. The van der Waals surface area contributed by atoms with Crippen LogP contribution in [-0.2, 0) is 20.7 Å². The van der Waals surface area contributed by atoms with Crippen LogP contribution < -0.4 is 14.4 Å². The smallest absolute Gasteiger partial charge is 0.306 e. The predicted molar refractivity (Wildman–Crippen MR) is 133 cm³/mol. The maximum Gasteiger partial charge on any atom is 0.306 e. The number of ether oxygens (including phenoxy) is 3. The summed E-state index contributed by atoms with van der Waals surface area (Å²) in [4.78, 5) is 29.2. The zero-order valence-corrected chi connectivity index (χ0v) is 20.4. The van der Waals surface area contributed by atoms with Gasteiger partial charge >= 0.3 is 5.97 Å². The molecule has 7 heteroatoms. The quantitative estimate of drug-likeness (QED) is 0.561. The van der Waals surface area contributed by atoms with Crippen molar-refractivity contribution < 1.29 is 23.8 Å². The summed E-state index contributed by atoms with van der Waals surface area (Å²) in [7, 11) is 1.67. The van der Waals surface area contributed by atoms with Gasteiger partial charge in [0, 0.05) is 44.2 Å². The molecule has 2 aromatic rings. The summed E-state index contributed by atoms with van der Waals surface area (Å²) in [5.74, 6) is 1.18. The fourth-order valence-corrected chi connectivity index (χ4v) is 5.47. The number of benzene rings is 2. The lowest BCUT2D eigenvalue weighted by Crippen LogP contribution is -2.58. The number of anilines is 1. The van der Waals surface area contributed by atoms with Crippen molar-refractivity contribution in [3.63, 3.8) is 0 Å². The van der Waals surface area contributed by atoms with Crippen LogP contribution >= 0.6 is 0 Å². The average molecular weight is 479 g/mol. The van der Waals surface area contributed by atoms with E-state index in [0.717, 1.165) is 36.4 Å². The first-order valence-electron chi connectivity index (χ1n) is 12.7. The summed E-state index contributed by atoms with van der Waals surface area (Å²) in [5.41, 5.74) is 2.25. The lowest BCUT2D eigenvalue weighted by atomic mass is 10.0. The summed E-state index contributed by atoms with van der Waals surface area (Å²) < 4.78 is 17.2. The van der Waals surface area contributed by atoms with E-state index in [2.05, 4.69) is 29.2 Å². The van der Waals surface area contributed by atoms with Crippen LogP contribution in [0.1, 0.15) is 44.1 Å². The number of nitrogens with zero attached hydrogens (tertiary/aromatic N) is 2. The number of carbonyl (C=O) groups excluding carboxylic acids is 2. The molecule has 35 heavy (non-hydrogen) atoms. The molecule has 0 aromatic heterocycles. The molecule has 2 unspecified atom stereocenters. The van der Waals surface area contributed by atoms with Crippen molar-refractivity contribution in [3.8, 4) is 11.5 Å². The van der Waals surface area contributed by atoms with Gasteiger partial charge in [-0.15, -0.1) is 0 Å². The van der Waals surface area contributed by atoms with Gasteiger partial charge in [-0.3, -0.25) is 9.59 Å². The molecule has 2 heterocycles. The van der Waals surface area contributed by atoms with Crippen LogP contribution in [0.5, 0.6) is 11.5 Å². The van der Waals surface area contributed by atoms with E-state index in [1.54, 1.807) is 7.11 Å². The SMILES string of the molecule is COc1ccc(N2CCN(C(=O)C3CCC(=O)O3)C(Cc3ccccc3)C2)cc1OC1CCCC1. The monoisotopic (exact) mass is 478 g/mol. The molecular formula is C28H34N2O5. The second-order valence-corrected chi connectivity index (χ2v) is 9.70. The van der Waals surface area contributed by atoms with Crippen LogP contribution in [0.3, 0.4) is 0 Å². The van der Waals surface area contributed by atoms with Crippen LogP contribution in [0.2, 0.25) is 0 Å². The second-order valence-electron chi connectivity index (χ2n) is 9.70. The number of cyclic esters (lactones) is 1. The maximum absolute atomic E-state index is 13.3. The van der Waals surface area contributed by atoms with E-state index in [1.165, 1.54) is 18.4 Å². The molecule has 2 saturated heterocycles. The summed E-state index contributed by atoms with van der Waals surface area (Å²) in [5, 5.41) is 0. The van der Waals surface area contributed by atoms with E-state index in [1.807, 2.05) is 29.2 Å². The Bertz CT molecular complexity index is 1040. The molecule has 2 atom stereocenters. The topological polar surface area (TPSA) is 68.3 Å². The molecule has 0 N–H and O–H groups in total. The molecular weight excluding hydrogens is 444 g/mol. The summed E-state index contributed by atoms with van der Waals surface area (Å²) in [6.45, 7) is 1.97. The van der Waals surface area contributed by atoms with Gasteiger partial charge in [0.2, 0.25) is 0 Å². The minimum Gasteiger partial charge on any atom is -0.493 e. The van der Waals surface area contributed by atoms with E-state index < -0.39 is 6.10 Å². The predicted octanol–water partition coefficient (Wildman–Crippen LogP) is 3.98.